The third-order valence-electron chi connectivity index (χ3n) is 15.5. The van der Waals surface area contributed by atoms with E-state index < -0.39 is 20.0 Å². The molecule has 0 spiro atoms. The van der Waals surface area contributed by atoms with Crippen LogP contribution in [-0.4, -0.2) is 74.3 Å². The quantitative estimate of drug-likeness (QED) is 0.0205. The predicted octanol–water partition coefficient (Wildman–Crippen LogP) is 22.7. The van der Waals surface area contributed by atoms with Gasteiger partial charge in [0.15, 0.2) is 0 Å². The molecule has 0 bridgehead atoms. The lowest BCUT2D eigenvalue weighted by molar-refractivity contribution is -0.870. The number of amides is 1. The first-order valence-corrected chi connectivity index (χ1v) is 37.1. The highest BCUT2D eigenvalue weighted by atomic mass is 31.2. The second-order valence-corrected chi connectivity index (χ2v) is 26.5. The number of ether oxygens (including phenoxy) is 1. The summed E-state index contributed by atoms with van der Waals surface area (Å²) < 4.78 is 30.8. The number of nitrogens with one attached hydrogen (secondary N) is 1. The second kappa shape index (κ2) is 63.9. The Balaban J connectivity index is 5.15. The molecule has 3 unspecified atom stereocenters. The van der Waals surface area contributed by atoms with Crippen LogP contribution in [-0.2, 0) is 27.9 Å². The maximum Gasteiger partial charge on any atom is 0.472 e. The average Bonchev–Trinajstić information content (AvgIpc) is 3.64. The minimum atomic E-state index is -4.46. The number of likely N-dealkylation sites (N-methyl/N-ethyl adjacent to an activating group) is 1. The Labute approximate surface area is 526 Å². The third kappa shape index (κ3) is 65.2. The summed E-state index contributed by atoms with van der Waals surface area (Å²) in [7, 11) is 1.48. The molecule has 10 heteroatoms. The number of phosphoric ester groups is 1. The number of carbonyl (C=O) groups excluding carboxylic acids is 2. The van der Waals surface area contributed by atoms with Crippen molar-refractivity contribution in [3.63, 3.8) is 0 Å². The molecule has 0 saturated heterocycles. The van der Waals surface area contributed by atoms with Crippen LogP contribution in [0.15, 0.2) is 97.2 Å². The lowest BCUT2D eigenvalue weighted by Gasteiger charge is -2.27. The summed E-state index contributed by atoms with van der Waals surface area (Å²) in [5, 5.41) is 3.07. The highest BCUT2D eigenvalue weighted by Crippen LogP contribution is 2.43. The van der Waals surface area contributed by atoms with Crippen LogP contribution in [0.1, 0.15) is 316 Å². The Hall–Kier alpha value is -3.07. The fourth-order valence-corrected chi connectivity index (χ4v) is 10.7. The molecular formula is C75H136N2O7P+. The summed E-state index contributed by atoms with van der Waals surface area (Å²) in [6, 6.07) is -0.861. The van der Waals surface area contributed by atoms with Gasteiger partial charge < -0.3 is 19.4 Å². The summed E-state index contributed by atoms with van der Waals surface area (Å²) >= 11 is 0. The minimum Gasteiger partial charge on any atom is -0.456 e. The molecule has 0 heterocycles. The predicted molar refractivity (Wildman–Crippen MR) is 369 cm³/mol. The fourth-order valence-electron chi connectivity index (χ4n) is 9.99. The molecule has 2 N–H and O–H groups in total. The zero-order valence-corrected chi connectivity index (χ0v) is 57.2. The van der Waals surface area contributed by atoms with Gasteiger partial charge in [0.25, 0.3) is 0 Å². The van der Waals surface area contributed by atoms with Gasteiger partial charge in [-0.3, -0.25) is 18.6 Å². The van der Waals surface area contributed by atoms with E-state index in [9.17, 15) is 19.0 Å². The van der Waals surface area contributed by atoms with Crippen molar-refractivity contribution in [1.29, 1.82) is 0 Å². The van der Waals surface area contributed by atoms with E-state index in [0.717, 1.165) is 116 Å². The normalized spacial score (nSPS) is 14.1. The van der Waals surface area contributed by atoms with Gasteiger partial charge in [0, 0.05) is 12.8 Å². The van der Waals surface area contributed by atoms with Crippen LogP contribution < -0.4 is 5.32 Å². The molecule has 492 valence electrons. The van der Waals surface area contributed by atoms with Crippen molar-refractivity contribution in [2.75, 3.05) is 40.9 Å². The number of rotatable bonds is 64. The topological polar surface area (TPSA) is 111 Å². The van der Waals surface area contributed by atoms with Gasteiger partial charge in [-0.1, -0.05) is 285 Å². The van der Waals surface area contributed by atoms with Gasteiger partial charge in [-0.25, -0.2) is 4.57 Å². The van der Waals surface area contributed by atoms with E-state index in [2.05, 4.69) is 111 Å². The summed E-state index contributed by atoms with van der Waals surface area (Å²) in [5.41, 5.74) is 0. The van der Waals surface area contributed by atoms with Gasteiger partial charge in [-0.2, -0.15) is 0 Å². The van der Waals surface area contributed by atoms with Crippen LogP contribution >= 0.6 is 7.82 Å². The van der Waals surface area contributed by atoms with Crippen LogP contribution in [0.4, 0.5) is 0 Å². The van der Waals surface area contributed by atoms with Crippen molar-refractivity contribution in [1.82, 2.24) is 5.32 Å². The maximum absolute atomic E-state index is 13.6. The Kier molecular flexibility index (Phi) is 61.6. The lowest BCUT2D eigenvalue weighted by Crippen LogP contribution is -2.47. The zero-order chi connectivity index (χ0) is 62.1. The number of phosphoric acid groups is 1. The van der Waals surface area contributed by atoms with Crippen LogP contribution in [0.5, 0.6) is 0 Å². The first-order chi connectivity index (χ1) is 41.4. The molecule has 9 nitrogen and oxygen atoms in total. The van der Waals surface area contributed by atoms with E-state index in [1.807, 2.05) is 33.3 Å². The van der Waals surface area contributed by atoms with Crippen LogP contribution in [0.3, 0.4) is 0 Å². The monoisotopic (exact) mass is 1210 g/mol. The Morgan fingerprint density at radius 2 is 0.718 bits per heavy atom. The van der Waals surface area contributed by atoms with E-state index in [1.165, 1.54) is 167 Å². The van der Waals surface area contributed by atoms with Gasteiger partial charge in [-0.05, 0) is 115 Å². The van der Waals surface area contributed by atoms with E-state index in [4.69, 9.17) is 13.8 Å². The molecule has 0 aromatic carbocycles. The zero-order valence-electron chi connectivity index (χ0n) is 56.3. The standard InChI is InChI=1S/C75H135N2O7P/c1-7-10-13-16-19-22-25-28-30-32-34-36-37-38-39-41-42-44-46-49-52-55-58-61-64-67-74(78)76-72(71-83-85(80,81)82-70-69-77(4,5)6)73(66-63-60-57-54-51-48-27-24-21-18-15-12-9-3)84-75(79)68-65-62-59-56-53-50-47-45-43-40-35-33-31-29-26-23-20-17-14-11-8-2/h19-20,22-23,28-31,34-36,38-40,63,66,72-73H,7-18,21,24-27,32-33,37,41-62,64-65,67-71H2,1-6H3,(H-,76,78,80,81)/p+1/b22-19-,23-20-,30-28-,31-29-,36-34-,39-38-,40-35-,66-63-. The molecule has 0 aromatic rings. The molecule has 0 radical (unpaired) electrons. The third-order valence-corrected chi connectivity index (χ3v) is 16.5. The maximum atomic E-state index is 13.6. The summed E-state index contributed by atoms with van der Waals surface area (Å²) in [5.74, 6) is -0.516. The molecule has 0 saturated carbocycles. The lowest BCUT2D eigenvalue weighted by atomic mass is 10.0. The van der Waals surface area contributed by atoms with E-state index in [-0.39, 0.29) is 31.5 Å². The molecular weight excluding hydrogens is 1070 g/mol. The molecule has 1 amide bonds. The van der Waals surface area contributed by atoms with Crippen molar-refractivity contribution >= 4 is 19.7 Å². The van der Waals surface area contributed by atoms with E-state index >= 15 is 0 Å². The summed E-state index contributed by atoms with van der Waals surface area (Å²) in [4.78, 5) is 37.9. The fraction of sp³-hybridized carbons (Fsp3) is 0.760. The summed E-state index contributed by atoms with van der Waals surface area (Å²) in [6.07, 6.45) is 86.9. The molecule has 0 rings (SSSR count). The second-order valence-electron chi connectivity index (χ2n) is 25.0. The number of hydrogen-bond acceptors (Lipinski definition) is 6. The molecule has 85 heavy (non-hydrogen) atoms. The number of allylic oxidation sites excluding steroid dienone is 15. The smallest absolute Gasteiger partial charge is 0.456 e. The number of nitrogens with zero attached hydrogens (tertiary/aromatic N) is 1. The van der Waals surface area contributed by atoms with Crippen molar-refractivity contribution in [2.24, 2.45) is 0 Å². The number of quaternary nitrogens is 1. The van der Waals surface area contributed by atoms with Crippen LogP contribution in [0.2, 0.25) is 0 Å². The number of hydrogen-bond donors (Lipinski definition) is 2. The molecule has 0 aliphatic carbocycles. The van der Waals surface area contributed by atoms with Crippen molar-refractivity contribution in [2.45, 2.75) is 328 Å². The highest BCUT2D eigenvalue weighted by Gasteiger charge is 2.30. The minimum absolute atomic E-state index is 0.0339. The van der Waals surface area contributed by atoms with Gasteiger partial charge >= 0.3 is 13.8 Å². The largest absolute Gasteiger partial charge is 0.472 e. The molecule has 0 aliphatic heterocycles. The van der Waals surface area contributed by atoms with Crippen molar-refractivity contribution in [3.8, 4) is 0 Å². The van der Waals surface area contributed by atoms with Gasteiger partial charge in [0.2, 0.25) is 5.91 Å². The Morgan fingerprint density at radius 1 is 0.412 bits per heavy atom. The first kappa shape index (κ1) is 81.9. The van der Waals surface area contributed by atoms with Gasteiger partial charge in [-0.15, -0.1) is 0 Å². The summed E-state index contributed by atoms with van der Waals surface area (Å²) in [6.45, 7) is 6.97. The number of esters is 1. The molecule has 3 atom stereocenters. The number of carbonyl (C=O) groups is 2. The van der Waals surface area contributed by atoms with Gasteiger partial charge in [0.05, 0.1) is 33.8 Å². The molecule has 0 aliphatic rings. The first-order valence-electron chi connectivity index (χ1n) is 35.6. The molecule has 0 aromatic heterocycles. The number of unbranched alkanes of at least 4 members (excludes halogenated alkanes) is 34. The Morgan fingerprint density at radius 3 is 1.09 bits per heavy atom. The van der Waals surface area contributed by atoms with Crippen LogP contribution in [0.25, 0.3) is 0 Å². The van der Waals surface area contributed by atoms with E-state index in [1.54, 1.807) is 0 Å². The molecule has 0 fully saturated rings. The van der Waals surface area contributed by atoms with Crippen LogP contribution in [0, 0.1) is 0 Å². The van der Waals surface area contributed by atoms with Crippen molar-refractivity contribution < 1.29 is 37.3 Å². The highest BCUT2D eigenvalue weighted by molar-refractivity contribution is 7.47. The van der Waals surface area contributed by atoms with Gasteiger partial charge in [0.1, 0.15) is 19.3 Å². The SMILES string of the molecule is CCCCC/C=C\C/C=C\C/C=C\C/C=C\CCCCCCCCCCCC(=O)NC(COP(=O)(O)OCC[N+](C)(C)C)C(/C=C\CCCCCCCCCCCCC)OC(=O)CCCCCCCCCC/C=C\C/C=C\C/C=C\CCCCC. The van der Waals surface area contributed by atoms with E-state index in [0.29, 0.717) is 17.4 Å². The Bertz CT molecular complexity index is 1780. The average molecular weight is 1210 g/mol. The van der Waals surface area contributed by atoms with Crippen molar-refractivity contribution in [3.05, 3.63) is 97.2 Å².